The van der Waals surface area contributed by atoms with Crippen molar-refractivity contribution in [1.82, 2.24) is 0 Å². The number of benzene rings is 1. The first-order chi connectivity index (χ1) is 7.66. The molecule has 0 aliphatic heterocycles. The Labute approximate surface area is 94.9 Å². The molecule has 1 rings (SSSR count). The molecule has 88 valence electrons. The van der Waals surface area contributed by atoms with Crippen LogP contribution >= 0.6 is 0 Å². The second-order valence-electron chi connectivity index (χ2n) is 3.60. The lowest BCUT2D eigenvalue weighted by molar-refractivity contribution is 0.115. The molecule has 0 bridgehead atoms. The van der Waals surface area contributed by atoms with E-state index >= 15 is 0 Å². The molecule has 3 N–H and O–H groups in total. The van der Waals surface area contributed by atoms with E-state index in [4.69, 9.17) is 15.9 Å². The van der Waals surface area contributed by atoms with Crippen LogP contribution < -0.4 is 5.73 Å². The standard InChI is InChI=1S/C12H17FN2O/c1-2-3-7-16-8-9-5-4-6-10(11(9)13)12(14)15/h4-6H,2-3,7-8H2,1H3,(H3,14,15). The highest BCUT2D eigenvalue weighted by Gasteiger charge is 2.09. The number of amidine groups is 1. The second-order valence-corrected chi connectivity index (χ2v) is 3.60. The number of rotatable bonds is 6. The minimum Gasteiger partial charge on any atom is -0.384 e. The lowest BCUT2D eigenvalue weighted by Crippen LogP contribution is -2.14. The maximum absolute atomic E-state index is 13.7. The highest BCUT2D eigenvalue weighted by atomic mass is 19.1. The zero-order valence-corrected chi connectivity index (χ0v) is 9.42. The lowest BCUT2D eigenvalue weighted by atomic mass is 10.1. The van der Waals surface area contributed by atoms with Gasteiger partial charge in [0.2, 0.25) is 0 Å². The Morgan fingerprint density at radius 2 is 2.25 bits per heavy atom. The molecule has 0 radical (unpaired) electrons. The quantitative estimate of drug-likeness (QED) is 0.443. The first kappa shape index (κ1) is 12.6. The van der Waals surface area contributed by atoms with Gasteiger partial charge in [0.1, 0.15) is 11.7 Å². The third-order valence-electron chi connectivity index (χ3n) is 2.27. The summed E-state index contributed by atoms with van der Waals surface area (Å²) in [6, 6.07) is 4.82. The van der Waals surface area contributed by atoms with Gasteiger partial charge in [-0.15, -0.1) is 0 Å². The van der Waals surface area contributed by atoms with E-state index in [1.165, 1.54) is 6.07 Å². The lowest BCUT2D eigenvalue weighted by Gasteiger charge is -2.07. The fourth-order valence-electron chi connectivity index (χ4n) is 1.33. The Morgan fingerprint density at radius 3 is 2.88 bits per heavy atom. The van der Waals surface area contributed by atoms with Gasteiger partial charge in [0.05, 0.1) is 12.2 Å². The van der Waals surface area contributed by atoms with Crippen LogP contribution in [-0.2, 0) is 11.3 Å². The van der Waals surface area contributed by atoms with E-state index < -0.39 is 5.82 Å². The van der Waals surface area contributed by atoms with Gasteiger partial charge >= 0.3 is 0 Å². The van der Waals surface area contributed by atoms with Crippen LogP contribution in [0.1, 0.15) is 30.9 Å². The minimum atomic E-state index is -0.452. The van der Waals surface area contributed by atoms with Crippen molar-refractivity contribution in [2.45, 2.75) is 26.4 Å². The van der Waals surface area contributed by atoms with Crippen molar-refractivity contribution >= 4 is 5.84 Å². The smallest absolute Gasteiger partial charge is 0.139 e. The average molecular weight is 224 g/mol. The van der Waals surface area contributed by atoms with Crippen LogP contribution in [0.25, 0.3) is 0 Å². The highest BCUT2D eigenvalue weighted by molar-refractivity contribution is 5.95. The summed E-state index contributed by atoms with van der Waals surface area (Å²) in [6.45, 7) is 2.92. The molecule has 16 heavy (non-hydrogen) atoms. The molecular weight excluding hydrogens is 207 g/mol. The summed E-state index contributed by atoms with van der Waals surface area (Å²) in [4.78, 5) is 0. The first-order valence-corrected chi connectivity index (χ1v) is 5.36. The molecule has 4 heteroatoms. The van der Waals surface area contributed by atoms with E-state index in [0.717, 1.165) is 12.8 Å². The van der Waals surface area contributed by atoms with Crippen LogP contribution in [0.3, 0.4) is 0 Å². The number of hydrogen-bond acceptors (Lipinski definition) is 2. The molecule has 0 saturated heterocycles. The van der Waals surface area contributed by atoms with Crippen LogP contribution in [0.4, 0.5) is 4.39 Å². The molecule has 0 unspecified atom stereocenters. The molecule has 3 nitrogen and oxygen atoms in total. The fraction of sp³-hybridized carbons (Fsp3) is 0.417. The van der Waals surface area contributed by atoms with Crippen molar-refractivity contribution in [2.24, 2.45) is 5.73 Å². The van der Waals surface area contributed by atoms with Crippen molar-refractivity contribution < 1.29 is 9.13 Å². The van der Waals surface area contributed by atoms with E-state index in [1.54, 1.807) is 12.1 Å². The Balaban J connectivity index is 2.66. The van der Waals surface area contributed by atoms with E-state index in [2.05, 4.69) is 6.92 Å². The van der Waals surface area contributed by atoms with E-state index in [1.807, 2.05) is 0 Å². The van der Waals surface area contributed by atoms with Crippen molar-refractivity contribution in [1.29, 1.82) is 5.41 Å². The molecule has 0 fully saturated rings. The number of nitrogens with two attached hydrogens (primary N) is 1. The van der Waals surface area contributed by atoms with Crippen molar-refractivity contribution in [3.8, 4) is 0 Å². The molecule has 1 aromatic carbocycles. The molecule has 0 atom stereocenters. The summed E-state index contributed by atoms with van der Waals surface area (Å²) in [6.07, 6.45) is 2.02. The number of hydrogen-bond donors (Lipinski definition) is 2. The second kappa shape index (κ2) is 6.23. The molecule has 0 aliphatic carbocycles. The number of nitrogens with one attached hydrogen (secondary N) is 1. The minimum absolute atomic E-state index is 0.136. The van der Waals surface area contributed by atoms with Gasteiger partial charge in [-0.1, -0.05) is 25.5 Å². The molecule has 0 amide bonds. The van der Waals surface area contributed by atoms with Crippen molar-refractivity contribution in [3.05, 3.63) is 35.1 Å². The van der Waals surface area contributed by atoms with Gasteiger partial charge in [-0.05, 0) is 12.5 Å². The fourth-order valence-corrected chi connectivity index (χ4v) is 1.33. The summed E-state index contributed by atoms with van der Waals surface area (Å²) < 4.78 is 19.1. The molecule has 0 aliphatic rings. The van der Waals surface area contributed by atoms with E-state index in [0.29, 0.717) is 12.2 Å². The van der Waals surface area contributed by atoms with Crippen LogP contribution in [0.15, 0.2) is 18.2 Å². The summed E-state index contributed by atoms with van der Waals surface area (Å²) in [5, 5.41) is 7.21. The summed E-state index contributed by atoms with van der Waals surface area (Å²) in [5.74, 6) is -0.709. The Bertz CT molecular complexity index is 366. The number of ether oxygens (including phenoxy) is 1. The zero-order valence-electron chi connectivity index (χ0n) is 9.42. The first-order valence-electron chi connectivity index (χ1n) is 5.36. The van der Waals surface area contributed by atoms with Gasteiger partial charge in [0.15, 0.2) is 0 Å². The Morgan fingerprint density at radius 1 is 1.50 bits per heavy atom. The third kappa shape index (κ3) is 3.31. The van der Waals surface area contributed by atoms with Gasteiger partial charge < -0.3 is 10.5 Å². The number of halogens is 1. The van der Waals surface area contributed by atoms with Gasteiger partial charge in [-0.2, -0.15) is 0 Å². The van der Waals surface area contributed by atoms with Gasteiger partial charge in [-0.3, -0.25) is 5.41 Å². The summed E-state index contributed by atoms with van der Waals surface area (Å²) in [7, 11) is 0. The van der Waals surface area contributed by atoms with Crippen LogP contribution in [0.5, 0.6) is 0 Å². The Hall–Kier alpha value is -1.42. The molecule has 0 aromatic heterocycles. The third-order valence-corrected chi connectivity index (χ3v) is 2.27. The monoisotopic (exact) mass is 224 g/mol. The molecular formula is C12H17FN2O. The Kier molecular flexibility index (Phi) is 4.92. The maximum atomic E-state index is 13.7. The van der Waals surface area contributed by atoms with E-state index in [9.17, 15) is 4.39 Å². The topological polar surface area (TPSA) is 59.1 Å². The zero-order chi connectivity index (χ0) is 12.0. The van der Waals surface area contributed by atoms with Crippen molar-refractivity contribution in [3.63, 3.8) is 0 Å². The average Bonchev–Trinajstić information content (AvgIpc) is 2.26. The number of unbranched alkanes of at least 4 members (excludes halogenated alkanes) is 1. The van der Waals surface area contributed by atoms with Crippen LogP contribution in [0.2, 0.25) is 0 Å². The highest BCUT2D eigenvalue weighted by Crippen LogP contribution is 2.13. The summed E-state index contributed by atoms with van der Waals surface area (Å²) >= 11 is 0. The van der Waals surface area contributed by atoms with E-state index in [-0.39, 0.29) is 18.0 Å². The van der Waals surface area contributed by atoms with Gasteiger partial charge in [0, 0.05) is 12.2 Å². The molecule has 1 aromatic rings. The van der Waals surface area contributed by atoms with Crippen LogP contribution in [0, 0.1) is 11.2 Å². The van der Waals surface area contributed by atoms with Crippen molar-refractivity contribution in [2.75, 3.05) is 6.61 Å². The SMILES string of the molecule is CCCCOCc1cccc(C(=N)N)c1F. The maximum Gasteiger partial charge on any atom is 0.139 e. The number of nitrogen functional groups attached to an aromatic ring is 1. The normalized spacial score (nSPS) is 10.4. The van der Waals surface area contributed by atoms with Crippen LogP contribution in [-0.4, -0.2) is 12.4 Å². The molecule has 0 heterocycles. The van der Waals surface area contributed by atoms with Gasteiger partial charge in [0.25, 0.3) is 0 Å². The predicted molar refractivity (Wildman–Crippen MR) is 62.0 cm³/mol. The molecule has 0 saturated carbocycles. The largest absolute Gasteiger partial charge is 0.384 e. The van der Waals surface area contributed by atoms with Gasteiger partial charge in [-0.25, -0.2) is 4.39 Å². The predicted octanol–water partition coefficient (Wildman–Crippen LogP) is 2.43. The molecule has 0 spiro atoms. The summed E-state index contributed by atoms with van der Waals surface area (Å²) in [5.41, 5.74) is 5.85.